The summed E-state index contributed by atoms with van der Waals surface area (Å²) in [5.41, 5.74) is 4.34. The van der Waals surface area contributed by atoms with Crippen molar-refractivity contribution in [3.63, 3.8) is 0 Å². The van der Waals surface area contributed by atoms with Crippen LogP contribution in [0.4, 0.5) is 0 Å². The Balaban J connectivity index is 1.77. The van der Waals surface area contributed by atoms with Crippen molar-refractivity contribution in [3.8, 4) is 11.5 Å². The summed E-state index contributed by atoms with van der Waals surface area (Å²) in [6, 6.07) is 13.1. The molecule has 4 rings (SSSR count). The van der Waals surface area contributed by atoms with E-state index in [4.69, 9.17) is 25.8 Å². The number of allylic oxidation sites excluding steroid dienone is 3. The Labute approximate surface area is 210 Å². The molecule has 2 aliphatic rings. The Morgan fingerprint density at radius 1 is 1.03 bits per heavy atom. The van der Waals surface area contributed by atoms with Gasteiger partial charge in [0.2, 0.25) is 0 Å². The van der Waals surface area contributed by atoms with Gasteiger partial charge >= 0.3 is 5.97 Å². The molecule has 0 spiro atoms. The minimum atomic E-state index is -0.546. The quantitative estimate of drug-likeness (QED) is 0.520. The minimum absolute atomic E-state index is 0.00847. The normalized spacial score (nSPS) is 19.9. The number of hydrogen-bond donors (Lipinski definition) is 1. The highest BCUT2D eigenvalue weighted by Crippen LogP contribution is 2.46. The lowest BCUT2D eigenvalue weighted by molar-refractivity contribution is -0.143. The van der Waals surface area contributed by atoms with E-state index in [0.29, 0.717) is 46.2 Å². The van der Waals surface area contributed by atoms with E-state index in [2.05, 4.69) is 5.32 Å². The second kappa shape index (κ2) is 10.2. The number of carbonyl (C=O) groups excluding carboxylic acids is 2. The monoisotopic (exact) mass is 495 g/mol. The Morgan fingerprint density at radius 3 is 2.43 bits per heavy atom. The minimum Gasteiger partial charge on any atom is -0.493 e. The van der Waals surface area contributed by atoms with Gasteiger partial charge in [-0.25, -0.2) is 4.79 Å². The van der Waals surface area contributed by atoms with Gasteiger partial charge in [-0.3, -0.25) is 4.79 Å². The van der Waals surface area contributed by atoms with Crippen molar-refractivity contribution in [3.05, 3.63) is 81.2 Å². The average Bonchev–Trinajstić information content (AvgIpc) is 2.82. The van der Waals surface area contributed by atoms with Crippen LogP contribution in [0.3, 0.4) is 0 Å². The molecule has 0 unspecified atom stereocenters. The third-order valence-corrected chi connectivity index (χ3v) is 6.69. The van der Waals surface area contributed by atoms with Crippen LogP contribution in [0.25, 0.3) is 0 Å². The van der Waals surface area contributed by atoms with E-state index < -0.39 is 11.9 Å². The first-order valence-electron chi connectivity index (χ1n) is 11.7. The number of nitrogens with one attached hydrogen (secondary N) is 1. The fourth-order valence-corrected chi connectivity index (χ4v) is 5.15. The average molecular weight is 496 g/mol. The second-order valence-corrected chi connectivity index (χ2v) is 9.58. The Hall–Kier alpha value is -3.25. The topological polar surface area (TPSA) is 73.9 Å². The molecule has 2 atom stereocenters. The van der Waals surface area contributed by atoms with E-state index >= 15 is 0 Å². The molecule has 0 fully saturated rings. The number of hydrogen-bond acceptors (Lipinski definition) is 6. The molecule has 0 bridgehead atoms. The summed E-state index contributed by atoms with van der Waals surface area (Å²) in [7, 11) is 3.19. The molecule has 35 heavy (non-hydrogen) atoms. The molecule has 0 saturated heterocycles. The summed E-state index contributed by atoms with van der Waals surface area (Å²) in [5, 5.41) is 3.91. The van der Waals surface area contributed by atoms with E-state index in [1.165, 1.54) is 0 Å². The van der Waals surface area contributed by atoms with Crippen molar-refractivity contribution >= 4 is 23.4 Å². The molecule has 2 aromatic carbocycles. The van der Waals surface area contributed by atoms with Gasteiger partial charge in [-0.2, -0.15) is 0 Å². The van der Waals surface area contributed by atoms with Crippen molar-refractivity contribution in [2.75, 3.05) is 14.2 Å². The lowest BCUT2D eigenvalue weighted by Gasteiger charge is -2.37. The SMILES string of the molecule is COc1ccc([C@H]2CC(=O)C3=C(C2)NC(C)=C(C(=O)OC(C)C)[C@@H]3c2cccc(Cl)c2)cc1OC. The van der Waals surface area contributed by atoms with Gasteiger partial charge in [-0.05, 0) is 68.5 Å². The first-order valence-corrected chi connectivity index (χ1v) is 12.0. The zero-order valence-electron chi connectivity index (χ0n) is 20.6. The first kappa shape index (κ1) is 24.9. The lowest BCUT2D eigenvalue weighted by Crippen LogP contribution is -2.36. The molecule has 2 aromatic rings. The fraction of sp³-hybridized carbons (Fsp3) is 0.357. The van der Waals surface area contributed by atoms with Crippen molar-refractivity contribution in [2.24, 2.45) is 0 Å². The number of ether oxygens (including phenoxy) is 3. The fourth-order valence-electron chi connectivity index (χ4n) is 4.95. The van der Waals surface area contributed by atoms with E-state index in [0.717, 1.165) is 16.8 Å². The molecule has 7 heteroatoms. The molecule has 0 aromatic heterocycles. The van der Waals surface area contributed by atoms with Gasteiger partial charge < -0.3 is 19.5 Å². The number of carbonyl (C=O) groups is 2. The molecular weight excluding hydrogens is 466 g/mol. The molecule has 1 aliphatic heterocycles. The van der Waals surface area contributed by atoms with E-state index in [9.17, 15) is 9.59 Å². The Bertz CT molecular complexity index is 1230. The largest absolute Gasteiger partial charge is 0.493 e. The predicted octanol–water partition coefficient (Wildman–Crippen LogP) is 5.67. The maximum absolute atomic E-state index is 13.7. The molecule has 0 radical (unpaired) electrons. The summed E-state index contributed by atoms with van der Waals surface area (Å²) in [4.78, 5) is 26.9. The summed E-state index contributed by atoms with van der Waals surface area (Å²) < 4.78 is 16.4. The van der Waals surface area contributed by atoms with Crippen molar-refractivity contribution in [1.82, 2.24) is 5.32 Å². The van der Waals surface area contributed by atoms with E-state index in [-0.39, 0.29) is 17.8 Å². The van der Waals surface area contributed by atoms with Crippen LogP contribution in [0, 0.1) is 0 Å². The zero-order valence-corrected chi connectivity index (χ0v) is 21.4. The van der Waals surface area contributed by atoms with Crippen LogP contribution >= 0.6 is 11.6 Å². The third kappa shape index (κ3) is 4.94. The number of methoxy groups -OCH3 is 2. The van der Waals surface area contributed by atoms with Gasteiger partial charge in [0.1, 0.15) is 0 Å². The standard InChI is InChI=1S/C28H30ClNO5/c1-15(2)35-28(32)25-16(3)30-21-12-19(17-9-10-23(33-4)24(14-17)34-5)13-22(31)27(21)26(25)18-7-6-8-20(29)11-18/h6-11,14-15,19,26,30H,12-13H2,1-5H3/t19-,26+/m1/s1. The van der Waals surface area contributed by atoms with Crippen molar-refractivity contribution < 1.29 is 23.8 Å². The summed E-state index contributed by atoms with van der Waals surface area (Å²) in [6.45, 7) is 5.47. The number of halogens is 1. The molecule has 1 aliphatic carbocycles. The number of benzene rings is 2. The van der Waals surface area contributed by atoms with E-state index in [1.54, 1.807) is 20.3 Å². The zero-order chi connectivity index (χ0) is 25.3. The van der Waals surface area contributed by atoms with Crippen molar-refractivity contribution in [1.29, 1.82) is 0 Å². The van der Waals surface area contributed by atoms with Gasteiger partial charge in [0.15, 0.2) is 17.3 Å². The number of dihydropyridines is 1. The molecule has 184 valence electrons. The number of esters is 1. The molecule has 1 heterocycles. The van der Waals surface area contributed by atoms with Crippen LogP contribution in [0.2, 0.25) is 5.02 Å². The van der Waals surface area contributed by atoms with E-state index in [1.807, 2.05) is 57.2 Å². The highest BCUT2D eigenvalue weighted by Gasteiger charge is 2.41. The van der Waals surface area contributed by atoms with Gasteiger partial charge in [0.25, 0.3) is 0 Å². The Kier molecular flexibility index (Phi) is 7.22. The molecule has 0 amide bonds. The van der Waals surface area contributed by atoms with Crippen LogP contribution in [-0.2, 0) is 14.3 Å². The van der Waals surface area contributed by atoms with Crippen LogP contribution in [0.1, 0.15) is 56.6 Å². The summed E-state index contributed by atoms with van der Waals surface area (Å²) in [5.74, 6) is 0.241. The maximum Gasteiger partial charge on any atom is 0.337 e. The highest BCUT2D eigenvalue weighted by atomic mass is 35.5. The maximum atomic E-state index is 13.7. The van der Waals surface area contributed by atoms with Crippen molar-refractivity contribution in [2.45, 2.75) is 51.6 Å². The Morgan fingerprint density at radius 2 is 1.77 bits per heavy atom. The third-order valence-electron chi connectivity index (χ3n) is 6.45. The van der Waals surface area contributed by atoms with Crippen LogP contribution in [0.15, 0.2) is 65.0 Å². The number of rotatable bonds is 6. The molecular formula is C28H30ClNO5. The van der Waals surface area contributed by atoms with Crippen LogP contribution in [-0.4, -0.2) is 32.1 Å². The first-order chi connectivity index (χ1) is 16.7. The van der Waals surface area contributed by atoms with Gasteiger partial charge in [0.05, 0.1) is 25.9 Å². The van der Waals surface area contributed by atoms with Crippen LogP contribution < -0.4 is 14.8 Å². The molecule has 1 N–H and O–H groups in total. The number of Topliss-reactive ketones (excluding diaryl/α,β-unsaturated/α-hetero) is 1. The number of ketones is 1. The summed E-state index contributed by atoms with van der Waals surface area (Å²) in [6.07, 6.45) is 0.658. The molecule has 6 nitrogen and oxygen atoms in total. The highest BCUT2D eigenvalue weighted by molar-refractivity contribution is 6.30. The van der Waals surface area contributed by atoms with Gasteiger partial charge in [0, 0.05) is 34.3 Å². The predicted molar refractivity (Wildman–Crippen MR) is 135 cm³/mol. The molecule has 0 saturated carbocycles. The van der Waals surface area contributed by atoms with Gasteiger partial charge in [-0.15, -0.1) is 0 Å². The lowest BCUT2D eigenvalue weighted by atomic mass is 9.71. The smallest absolute Gasteiger partial charge is 0.337 e. The van der Waals surface area contributed by atoms with Gasteiger partial charge in [-0.1, -0.05) is 29.8 Å². The summed E-state index contributed by atoms with van der Waals surface area (Å²) >= 11 is 6.31. The van der Waals surface area contributed by atoms with Crippen LogP contribution in [0.5, 0.6) is 11.5 Å². The second-order valence-electron chi connectivity index (χ2n) is 9.14.